The van der Waals surface area contributed by atoms with E-state index in [1.54, 1.807) is 6.07 Å². The molecule has 3 rings (SSSR count). The first-order valence-electron chi connectivity index (χ1n) is 7.13. The quantitative estimate of drug-likeness (QED) is 0.793. The van der Waals surface area contributed by atoms with E-state index in [1.165, 1.54) is 5.56 Å². The summed E-state index contributed by atoms with van der Waals surface area (Å²) < 4.78 is 1.82. The third-order valence-corrected chi connectivity index (χ3v) is 3.58. The number of pyridine rings is 1. The van der Waals surface area contributed by atoms with Crippen molar-refractivity contribution >= 4 is 16.6 Å². The van der Waals surface area contributed by atoms with Crippen LogP contribution in [0.1, 0.15) is 5.56 Å². The van der Waals surface area contributed by atoms with Crippen LogP contribution in [0.25, 0.3) is 10.9 Å². The van der Waals surface area contributed by atoms with Gasteiger partial charge in [-0.2, -0.15) is 0 Å². The van der Waals surface area contributed by atoms with Crippen LogP contribution in [0.4, 0.5) is 5.69 Å². The fourth-order valence-corrected chi connectivity index (χ4v) is 2.54. The van der Waals surface area contributed by atoms with Crippen molar-refractivity contribution in [2.75, 3.05) is 11.9 Å². The summed E-state index contributed by atoms with van der Waals surface area (Å²) in [5.74, 6) is 0. The molecule has 3 heteroatoms. The minimum absolute atomic E-state index is 0.0414. The number of rotatable bonds is 4. The number of hydrogen-bond acceptors (Lipinski definition) is 2. The minimum atomic E-state index is 0.0414. The number of nitrogens with one attached hydrogen (secondary N) is 1. The van der Waals surface area contributed by atoms with Gasteiger partial charge in [0, 0.05) is 24.8 Å². The molecule has 0 spiro atoms. The third-order valence-electron chi connectivity index (χ3n) is 3.58. The van der Waals surface area contributed by atoms with E-state index in [4.69, 9.17) is 0 Å². The predicted molar refractivity (Wildman–Crippen MR) is 87.9 cm³/mol. The number of para-hydroxylation sites is 1. The average molecular weight is 278 g/mol. The van der Waals surface area contributed by atoms with E-state index in [0.29, 0.717) is 6.54 Å². The van der Waals surface area contributed by atoms with Gasteiger partial charge in [0.15, 0.2) is 0 Å². The van der Waals surface area contributed by atoms with Crippen molar-refractivity contribution in [2.24, 2.45) is 0 Å². The number of fused-ring (bicyclic) bond motifs is 1. The van der Waals surface area contributed by atoms with Gasteiger partial charge in [0.25, 0.3) is 5.56 Å². The number of hydrogen-bond donors (Lipinski definition) is 1. The van der Waals surface area contributed by atoms with Crippen LogP contribution in [-0.4, -0.2) is 11.1 Å². The fourth-order valence-electron chi connectivity index (χ4n) is 2.54. The summed E-state index contributed by atoms with van der Waals surface area (Å²) in [6.45, 7) is 3.44. The molecule has 21 heavy (non-hydrogen) atoms. The summed E-state index contributed by atoms with van der Waals surface area (Å²) in [5, 5.41) is 4.46. The van der Waals surface area contributed by atoms with Crippen molar-refractivity contribution in [1.29, 1.82) is 0 Å². The maximum absolute atomic E-state index is 12.1. The van der Waals surface area contributed by atoms with E-state index >= 15 is 0 Å². The van der Waals surface area contributed by atoms with Crippen LogP contribution in [0, 0.1) is 6.92 Å². The van der Waals surface area contributed by atoms with Gasteiger partial charge in [-0.1, -0.05) is 30.3 Å². The maximum atomic E-state index is 12.1. The molecule has 3 aromatic rings. The summed E-state index contributed by atoms with van der Waals surface area (Å²) in [4.78, 5) is 12.1. The van der Waals surface area contributed by atoms with Crippen molar-refractivity contribution < 1.29 is 0 Å². The second kappa shape index (κ2) is 5.83. The first-order valence-corrected chi connectivity index (χ1v) is 7.13. The SMILES string of the molecule is Cc1cccc(NCCn2c(=O)ccc3ccccc32)c1. The average Bonchev–Trinajstić information content (AvgIpc) is 2.50. The van der Waals surface area contributed by atoms with Crippen LogP contribution in [0.5, 0.6) is 0 Å². The van der Waals surface area contributed by atoms with Crippen molar-refractivity contribution in [3.63, 3.8) is 0 Å². The van der Waals surface area contributed by atoms with E-state index in [9.17, 15) is 4.79 Å². The molecule has 0 aliphatic rings. The molecule has 106 valence electrons. The van der Waals surface area contributed by atoms with E-state index in [0.717, 1.165) is 23.1 Å². The number of aryl methyl sites for hydroxylation is 1. The zero-order valence-electron chi connectivity index (χ0n) is 12.0. The second-order valence-electron chi connectivity index (χ2n) is 5.18. The van der Waals surface area contributed by atoms with Gasteiger partial charge >= 0.3 is 0 Å². The highest BCUT2D eigenvalue weighted by Gasteiger charge is 2.02. The molecule has 0 saturated heterocycles. The standard InChI is InChI=1S/C18H18N2O/c1-14-5-4-7-16(13-14)19-11-12-20-17-8-3-2-6-15(17)9-10-18(20)21/h2-10,13,19H,11-12H2,1H3. The number of aromatic nitrogens is 1. The van der Waals surface area contributed by atoms with Crippen LogP contribution in [0.3, 0.4) is 0 Å². The van der Waals surface area contributed by atoms with Crippen LogP contribution < -0.4 is 10.9 Å². The molecule has 0 amide bonds. The number of anilines is 1. The third kappa shape index (κ3) is 2.97. The summed E-state index contributed by atoms with van der Waals surface area (Å²) in [6.07, 6.45) is 0. The normalized spacial score (nSPS) is 10.7. The molecule has 0 aliphatic heterocycles. The smallest absolute Gasteiger partial charge is 0.251 e. The lowest BCUT2D eigenvalue weighted by atomic mass is 10.2. The molecule has 1 heterocycles. The molecule has 1 aromatic heterocycles. The Hall–Kier alpha value is -2.55. The Morgan fingerprint density at radius 2 is 1.86 bits per heavy atom. The molecule has 0 unspecified atom stereocenters. The second-order valence-corrected chi connectivity index (χ2v) is 5.18. The monoisotopic (exact) mass is 278 g/mol. The van der Waals surface area contributed by atoms with E-state index in [2.05, 4.69) is 24.4 Å². The molecule has 0 aliphatic carbocycles. The van der Waals surface area contributed by atoms with Crippen molar-refractivity contribution in [3.8, 4) is 0 Å². The molecule has 0 fully saturated rings. The molecule has 0 bridgehead atoms. The highest BCUT2D eigenvalue weighted by atomic mass is 16.1. The molecule has 0 atom stereocenters. The highest BCUT2D eigenvalue weighted by Crippen LogP contribution is 2.12. The Balaban J connectivity index is 1.79. The van der Waals surface area contributed by atoms with Gasteiger partial charge < -0.3 is 9.88 Å². The Labute approximate surface area is 123 Å². The molecule has 2 aromatic carbocycles. The van der Waals surface area contributed by atoms with E-state index in [-0.39, 0.29) is 5.56 Å². The first-order chi connectivity index (χ1) is 10.2. The van der Waals surface area contributed by atoms with Gasteiger partial charge in [0.1, 0.15) is 0 Å². The molecule has 3 nitrogen and oxygen atoms in total. The molecular weight excluding hydrogens is 260 g/mol. The Kier molecular flexibility index (Phi) is 3.73. The summed E-state index contributed by atoms with van der Waals surface area (Å²) in [5.41, 5.74) is 3.33. The van der Waals surface area contributed by atoms with Gasteiger partial charge in [0.05, 0.1) is 5.52 Å². The van der Waals surface area contributed by atoms with Crippen LogP contribution in [0.2, 0.25) is 0 Å². The minimum Gasteiger partial charge on any atom is -0.383 e. The van der Waals surface area contributed by atoms with Gasteiger partial charge in [-0.05, 0) is 42.1 Å². The lowest BCUT2D eigenvalue weighted by Crippen LogP contribution is -2.23. The first kappa shape index (κ1) is 13.4. The van der Waals surface area contributed by atoms with E-state index < -0.39 is 0 Å². The lowest BCUT2D eigenvalue weighted by molar-refractivity contribution is 0.726. The van der Waals surface area contributed by atoms with Crippen LogP contribution in [0.15, 0.2) is 65.5 Å². The Morgan fingerprint density at radius 1 is 1.00 bits per heavy atom. The Morgan fingerprint density at radius 3 is 2.71 bits per heavy atom. The topological polar surface area (TPSA) is 34.0 Å². The molecule has 0 radical (unpaired) electrons. The van der Waals surface area contributed by atoms with Gasteiger partial charge in [0.2, 0.25) is 0 Å². The summed E-state index contributed by atoms with van der Waals surface area (Å²) in [6, 6.07) is 19.7. The van der Waals surface area contributed by atoms with E-state index in [1.807, 2.05) is 47.0 Å². The van der Waals surface area contributed by atoms with Gasteiger partial charge in [-0.25, -0.2) is 0 Å². The number of nitrogens with zero attached hydrogens (tertiary/aromatic N) is 1. The zero-order valence-corrected chi connectivity index (χ0v) is 12.0. The molecule has 1 N–H and O–H groups in total. The van der Waals surface area contributed by atoms with Crippen molar-refractivity contribution in [1.82, 2.24) is 4.57 Å². The lowest BCUT2D eigenvalue weighted by Gasteiger charge is -2.11. The maximum Gasteiger partial charge on any atom is 0.251 e. The predicted octanol–water partition coefficient (Wildman–Crippen LogP) is 3.42. The van der Waals surface area contributed by atoms with Crippen LogP contribution >= 0.6 is 0 Å². The number of benzene rings is 2. The summed E-state index contributed by atoms with van der Waals surface area (Å²) in [7, 11) is 0. The largest absolute Gasteiger partial charge is 0.383 e. The molecule has 0 saturated carbocycles. The fraction of sp³-hybridized carbons (Fsp3) is 0.167. The van der Waals surface area contributed by atoms with Gasteiger partial charge in [-0.15, -0.1) is 0 Å². The van der Waals surface area contributed by atoms with Crippen molar-refractivity contribution in [2.45, 2.75) is 13.5 Å². The highest BCUT2D eigenvalue weighted by molar-refractivity contribution is 5.78. The summed E-state index contributed by atoms with van der Waals surface area (Å²) >= 11 is 0. The van der Waals surface area contributed by atoms with Crippen molar-refractivity contribution in [3.05, 3.63) is 76.6 Å². The molecular formula is C18H18N2O. The van der Waals surface area contributed by atoms with Gasteiger partial charge in [-0.3, -0.25) is 4.79 Å². The zero-order chi connectivity index (χ0) is 14.7. The van der Waals surface area contributed by atoms with Crippen LogP contribution in [-0.2, 0) is 6.54 Å². The Bertz CT molecular complexity index is 821.